The predicted molar refractivity (Wildman–Crippen MR) is 171 cm³/mol. The number of ether oxygens (including phenoxy) is 1. The van der Waals surface area contributed by atoms with Crippen molar-refractivity contribution < 1.29 is 19.4 Å². The Morgan fingerprint density at radius 1 is 0.956 bits per heavy atom. The molecule has 10 nitrogen and oxygen atoms in total. The number of carbonyl (C=O) groups is 2. The summed E-state index contributed by atoms with van der Waals surface area (Å²) in [6, 6.07) is 14.9. The van der Waals surface area contributed by atoms with Crippen LogP contribution < -0.4 is 5.32 Å². The fourth-order valence-electron chi connectivity index (χ4n) is 7.17. The van der Waals surface area contributed by atoms with Crippen LogP contribution in [0.4, 0.5) is 9.59 Å². The van der Waals surface area contributed by atoms with Crippen LogP contribution in [0.1, 0.15) is 87.7 Å². The molecule has 0 bridgehead atoms. The topological polar surface area (TPSA) is 136 Å². The molecule has 1 unspecified atom stereocenters. The van der Waals surface area contributed by atoms with Crippen LogP contribution in [0.15, 0.2) is 48.7 Å². The molecule has 1 aliphatic heterocycles. The van der Waals surface area contributed by atoms with Gasteiger partial charge in [0.25, 0.3) is 0 Å². The molecule has 2 fully saturated rings. The van der Waals surface area contributed by atoms with Gasteiger partial charge in [-0.25, -0.2) is 19.6 Å². The molecular weight excluding hydrogens is 568 g/mol. The highest BCUT2D eigenvalue weighted by molar-refractivity contribution is 5.76. The smallest absolute Gasteiger partial charge is 0.407 e. The fraction of sp³-hybridized carbons (Fsp3) is 0.429. The highest BCUT2D eigenvalue weighted by Gasteiger charge is 2.34. The number of aromatic nitrogens is 4. The first-order chi connectivity index (χ1) is 21.6. The second kappa shape index (κ2) is 11.4. The average Bonchev–Trinajstić information content (AvgIpc) is 3.81. The van der Waals surface area contributed by atoms with Crippen LogP contribution >= 0.6 is 0 Å². The van der Waals surface area contributed by atoms with Crippen LogP contribution in [0.5, 0.6) is 0 Å². The van der Waals surface area contributed by atoms with E-state index in [9.17, 15) is 14.7 Å². The van der Waals surface area contributed by atoms with E-state index in [4.69, 9.17) is 14.7 Å². The lowest BCUT2D eigenvalue weighted by atomic mass is 9.89. The van der Waals surface area contributed by atoms with Crippen molar-refractivity contribution in [2.45, 2.75) is 89.3 Å². The van der Waals surface area contributed by atoms with E-state index in [-0.39, 0.29) is 24.1 Å². The molecule has 2 aromatic heterocycles. The maximum absolute atomic E-state index is 12.4. The Morgan fingerprint density at radius 2 is 1.73 bits per heavy atom. The molecule has 2 aliphatic carbocycles. The number of likely N-dealkylation sites (tertiary alicyclic amines) is 1. The second-order valence-electron chi connectivity index (χ2n) is 13.5. The van der Waals surface area contributed by atoms with Crippen LogP contribution in [0.3, 0.4) is 0 Å². The first-order valence-electron chi connectivity index (χ1n) is 16.0. The number of benzene rings is 2. The minimum atomic E-state index is -0.883. The lowest BCUT2D eigenvalue weighted by Crippen LogP contribution is -2.40. The van der Waals surface area contributed by atoms with E-state index >= 15 is 0 Å². The van der Waals surface area contributed by atoms with Crippen molar-refractivity contribution >= 4 is 12.2 Å². The maximum atomic E-state index is 12.4. The lowest BCUT2D eigenvalue weighted by Gasteiger charge is -2.24. The number of amides is 2. The van der Waals surface area contributed by atoms with Gasteiger partial charge in [0.15, 0.2) is 0 Å². The zero-order chi connectivity index (χ0) is 31.3. The summed E-state index contributed by atoms with van der Waals surface area (Å²) in [5.74, 6) is 1.78. The Labute approximate surface area is 262 Å². The molecule has 0 spiro atoms. The molecule has 45 heavy (non-hydrogen) atoms. The van der Waals surface area contributed by atoms with E-state index in [0.29, 0.717) is 6.54 Å². The molecule has 1 saturated carbocycles. The molecule has 10 heteroatoms. The van der Waals surface area contributed by atoms with Crippen molar-refractivity contribution in [1.82, 2.24) is 30.2 Å². The predicted octanol–water partition coefficient (Wildman–Crippen LogP) is 7.21. The summed E-state index contributed by atoms with van der Waals surface area (Å²) in [7, 11) is 0. The Hall–Kier alpha value is -4.60. The number of nitrogens with one attached hydrogen (secondary N) is 3. The van der Waals surface area contributed by atoms with E-state index in [1.165, 1.54) is 10.5 Å². The number of carbonyl (C=O) groups excluding carboxylic acids is 1. The maximum Gasteiger partial charge on any atom is 0.407 e. The van der Waals surface area contributed by atoms with Crippen molar-refractivity contribution in [3.05, 3.63) is 71.6 Å². The monoisotopic (exact) mass is 608 g/mol. The van der Waals surface area contributed by atoms with Gasteiger partial charge in [0, 0.05) is 29.8 Å². The van der Waals surface area contributed by atoms with Gasteiger partial charge in [0.1, 0.15) is 17.2 Å². The van der Waals surface area contributed by atoms with E-state index < -0.39 is 11.7 Å². The number of aromatic amines is 2. The molecule has 3 heterocycles. The normalized spacial score (nSPS) is 21.0. The van der Waals surface area contributed by atoms with E-state index in [0.717, 1.165) is 95.9 Å². The number of hydrogen-bond acceptors (Lipinski definition) is 5. The summed E-state index contributed by atoms with van der Waals surface area (Å²) in [5, 5.41) is 12.7. The van der Waals surface area contributed by atoms with E-state index in [1.54, 1.807) is 0 Å². The van der Waals surface area contributed by atoms with Crippen LogP contribution in [0.2, 0.25) is 0 Å². The van der Waals surface area contributed by atoms with Crippen LogP contribution in [-0.4, -0.2) is 60.3 Å². The largest absolute Gasteiger partial charge is 0.465 e. The third-order valence-electron chi connectivity index (χ3n) is 9.31. The molecule has 3 atom stereocenters. The molecule has 2 amide bonds. The zero-order valence-corrected chi connectivity index (χ0v) is 26.0. The van der Waals surface area contributed by atoms with Crippen molar-refractivity contribution in [3.8, 4) is 33.6 Å². The van der Waals surface area contributed by atoms with Crippen molar-refractivity contribution in [1.29, 1.82) is 0 Å². The quantitative estimate of drug-likeness (QED) is 0.189. The third-order valence-corrected chi connectivity index (χ3v) is 9.31. The average molecular weight is 609 g/mol. The Morgan fingerprint density at radius 3 is 2.51 bits per heavy atom. The first-order valence-corrected chi connectivity index (χ1v) is 16.0. The molecule has 3 aliphatic rings. The number of carboxylic acid groups (broad SMARTS) is 1. The van der Waals surface area contributed by atoms with Gasteiger partial charge < -0.3 is 25.1 Å². The number of imidazole rings is 2. The zero-order valence-electron chi connectivity index (χ0n) is 26.0. The third kappa shape index (κ3) is 5.81. The molecule has 7 rings (SSSR count). The van der Waals surface area contributed by atoms with Gasteiger partial charge >= 0.3 is 12.2 Å². The van der Waals surface area contributed by atoms with Crippen LogP contribution in [0, 0.1) is 0 Å². The van der Waals surface area contributed by atoms with Crippen molar-refractivity contribution in [2.75, 3.05) is 6.54 Å². The van der Waals surface area contributed by atoms with Gasteiger partial charge in [-0.05, 0) is 81.5 Å². The van der Waals surface area contributed by atoms with Crippen molar-refractivity contribution in [3.63, 3.8) is 0 Å². The van der Waals surface area contributed by atoms with E-state index in [1.807, 2.05) is 27.0 Å². The summed E-state index contributed by atoms with van der Waals surface area (Å²) >= 11 is 0. The SMILES string of the molecule is CC(C)(C)OC(=O)N[C@H]1CCC[C@H]1c1ncc(-c2ccc(-c3ccc4c(c3)CCc3[nH]c(C5CCCN5C(=O)O)nc3-4)cc2)[nH]1. The molecule has 4 aromatic rings. The number of aryl methyl sites for hydroxylation is 2. The van der Waals surface area contributed by atoms with Gasteiger partial charge in [-0.2, -0.15) is 0 Å². The highest BCUT2D eigenvalue weighted by atomic mass is 16.6. The van der Waals surface area contributed by atoms with Gasteiger partial charge in [-0.15, -0.1) is 0 Å². The van der Waals surface area contributed by atoms with Gasteiger partial charge in [0.2, 0.25) is 0 Å². The summed E-state index contributed by atoms with van der Waals surface area (Å²) < 4.78 is 5.48. The van der Waals surface area contributed by atoms with Gasteiger partial charge in [-0.3, -0.25) is 4.90 Å². The molecular formula is C35H40N6O4. The Kier molecular flexibility index (Phi) is 7.38. The number of fused-ring (bicyclic) bond motifs is 3. The first kappa shape index (κ1) is 29.1. The van der Waals surface area contributed by atoms with Gasteiger partial charge in [-0.1, -0.05) is 48.9 Å². The summed E-state index contributed by atoms with van der Waals surface area (Å²) in [6.45, 7) is 6.16. The number of hydrogen-bond donors (Lipinski definition) is 4. The Balaban J connectivity index is 1.05. The molecule has 1 saturated heterocycles. The second-order valence-corrected chi connectivity index (χ2v) is 13.5. The summed E-state index contributed by atoms with van der Waals surface area (Å²) in [6.07, 6.45) is 6.94. The minimum Gasteiger partial charge on any atom is -0.465 e. The fourth-order valence-corrected chi connectivity index (χ4v) is 7.17. The summed E-state index contributed by atoms with van der Waals surface area (Å²) in [5.41, 5.74) is 8.19. The van der Waals surface area contributed by atoms with Crippen LogP contribution in [0.25, 0.3) is 33.6 Å². The number of nitrogens with zero attached hydrogens (tertiary/aromatic N) is 3. The van der Waals surface area contributed by atoms with Crippen LogP contribution in [-0.2, 0) is 17.6 Å². The Bertz CT molecular complexity index is 1730. The number of rotatable bonds is 5. The number of H-pyrrole nitrogens is 2. The highest BCUT2D eigenvalue weighted by Crippen LogP contribution is 2.39. The molecule has 234 valence electrons. The molecule has 0 radical (unpaired) electrons. The summed E-state index contributed by atoms with van der Waals surface area (Å²) in [4.78, 5) is 42.2. The van der Waals surface area contributed by atoms with E-state index in [2.05, 4.69) is 57.7 Å². The minimum absolute atomic E-state index is 0.00323. The lowest BCUT2D eigenvalue weighted by molar-refractivity contribution is 0.0500. The standard InChI is InChI=1S/C35H40N6O4/c1-35(2,3)45-33(42)39-26-7-4-6-25(26)31-36-19-28(38-31)21-11-9-20(10-12-21)22-13-15-24-23(18-22)14-16-27-30(24)40-32(37-27)29-8-5-17-41(29)34(43)44/h9-13,15,18-19,25-26,29H,4-8,14,16-17H2,1-3H3,(H,36,38)(H,37,40)(H,39,42)(H,43,44)/t25-,26+,29?/m1/s1. The molecule has 4 N–H and O–H groups in total. The number of alkyl carbamates (subject to hydrolysis) is 1. The molecule has 2 aromatic carbocycles. The van der Waals surface area contributed by atoms with Crippen molar-refractivity contribution in [2.24, 2.45) is 0 Å². The van der Waals surface area contributed by atoms with Gasteiger partial charge in [0.05, 0.1) is 23.6 Å².